The highest BCUT2D eigenvalue weighted by Gasteiger charge is 2.07. The molecule has 0 saturated heterocycles. The van der Waals surface area contributed by atoms with Gasteiger partial charge in [-0.05, 0) is 43.5 Å². The quantitative estimate of drug-likeness (QED) is 0.757. The minimum absolute atomic E-state index is 0.603. The zero-order valence-electron chi connectivity index (χ0n) is 10.3. The monoisotopic (exact) mass is 239 g/mol. The molecule has 1 atom stereocenters. The van der Waals surface area contributed by atoms with E-state index in [1.54, 1.807) is 0 Å². The van der Waals surface area contributed by atoms with Gasteiger partial charge in [-0.2, -0.15) is 0 Å². The van der Waals surface area contributed by atoms with Crippen LogP contribution in [0.25, 0.3) is 0 Å². The third-order valence-corrected chi connectivity index (χ3v) is 2.97. The molecule has 1 nitrogen and oxygen atoms in total. The fourth-order valence-corrected chi connectivity index (χ4v) is 2.00. The molecule has 0 aliphatic carbocycles. The lowest BCUT2D eigenvalue weighted by Gasteiger charge is -2.17. The van der Waals surface area contributed by atoms with Crippen molar-refractivity contribution in [2.45, 2.75) is 45.6 Å². The van der Waals surface area contributed by atoms with Gasteiger partial charge in [-0.3, -0.25) is 0 Å². The van der Waals surface area contributed by atoms with Gasteiger partial charge in [0.25, 0.3) is 0 Å². The summed E-state index contributed by atoms with van der Waals surface area (Å²) < 4.78 is 0. The number of hydrogen-bond acceptors (Lipinski definition) is 1. The van der Waals surface area contributed by atoms with E-state index in [2.05, 4.69) is 31.3 Å². The van der Waals surface area contributed by atoms with Crippen LogP contribution in [-0.2, 0) is 6.42 Å². The van der Waals surface area contributed by atoms with Crippen LogP contribution in [-0.4, -0.2) is 12.6 Å². The standard InChI is InChI=1S/C14H22ClN/c1-3-5-14(16-10-4-2)11-12-6-8-13(15)9-7-12/h6-9,14,16H,3-5,10-11H2,1-2H3. The predicted molar refractivity (Wildman–Crippen MR) is 72.1 cm³/mol. The van der Waals surface area contributed by atoms with Crippen molar-refractivity contribution in [3.05, 3.63) is 34.9 Å². The van der Waals surface area contributed by atoms with E-state index in [0.29, 0.717) is 6.04 Å². The number of halogens is 1. The summed E-state index contributed by atoms with van der Waals surface area (Å²) in [5.41, 5.74) is 1.37. The average molecular weight is 240 g/mol. The Morgan fingerprint density at radius 1 is 1.12 bits per heavy atom. The fraction of sp³-hybridized carbons (Fsp3) is 0.571. The SMILES string of the molecule is CCCNC(CCC)Cc1ccc(Cl)cc1. The highest BCUT2D eigenvalue weighted by Crippen LogP contribution is 2.12. The van der Waals surface area contributed by atoms with Crippen molar-refractivity contribution in [2.75, 3.05) is 6.54 Å². The second kappa shape index (κ2) is 7.70. The van der Waals surface area contributed by atoms with Crippen LogP contribution in [0.2, 0.25) is 5.02 Å². The molecule has 0 fully saturated rings. The molecular formula is C14H22ClN. The lowest BCUT2D eigenvalue weighted by atomic mass is 10.0. The van der Waals surface area contributed by atoms with Crippen molar-refractivity contribution < 1.29 is 0 Å². The van der Waals surface area contributed by atoms with E-state index in [-0.39, 0.29) is 0 Å². The molecule has 1 unspecified atom stereocenters. The molecule has 0 spiro atoms. The Balaban J connectivity index is 2.49. The Morgan fingerprint density at radius 3 is 2.38 bits per heavy atom. The van der Waals surface area contributed by atoms with Gasteiger partial charge in [-0.15, -0.1) is 0 Å². The highest BCUT2D eigenvalue weighted by molar-refractivity contribution is 6.30. The third kappa shape index (κ3) is 5.00. The number of rotatable bonds is 7. The molecule has 1 aromatic rings. The van der Waals surface area contributed by atoms with E-state index in [0.717, 1.165) is 18.0 Å². The largest absolute Gasteiger partial charge is 0.314 e. The maximum Gasteiger partial charge on any atom is 0.0406 e. The van der Waals surface area contributed by atoms with Crippen LogP contribution < -0.4 is 5.32 Å². The second-order valence-electron chi connectivity index (χ2n) is 4.27. The first-order chi connectivity index (χ1) is 7.76. The summed E-state index contributed by atoms with van der Waals surface area (Å²) >= 11 is 5.88. The van der Waals surface area contributed by atoms with Gasteiger partial charge >= 0.3 is 0 Å². The molecule has 16 heavy (non-hydrogen) atoms. The summed E-state index contributed by atoms with van der Waals surface area (Å²) in [4.78, 5) is 0. The van der Waals surface area contributed by atoms with Crippen molar-refractivity contribution in [1.82, 2.24) is 5.32 Å². The van der Waals surface area contributed by atoms with E-state index >= 15 is 0 Å². The molecule has 90 valence electrons. The zero-order chi connectivity index (χ0) is 11.8. The molecule has 0 amide bonds. The summed E-state index contributed by atoms with van der Waals surface area (Å²) in [5, 5.41) is 4.42. The minimum atomic E-state index is 0.603. The van der Waals surface area contributed by atoms with E-state index in [9.17, 15) is 0 Å². The van der Waals surface area contributed by atoms with Crippen LogP contribution in [0.1, 0.15) is 38.7 Å². The first kappa shape index (κ1) is 13.5. The fourth-order valence-electron chi connectivity index (χ4n) is 1.88. The van der Waals surface area contributed by atoms with Gasteiger partial charge in [-0.1, -0.05) is 44.0 Å². The van der Waals surface area contributed by atoms with Crippen LogP contribution in [0.5, 0.6) is 0 Å². The van der Waals surface area contributed by atoms with Crippen molar-refractivity contribution in [1.29, 1.82) is 0 Å². The highest BCUT2D eigenvalue weighted by atomic mass is 35.5. The van der Waals surface area contributed by atoms with E-state index in [4.69, 9.17) is 11.6 Å². The Morgan fingerprint density at radius 2 is 1.81 bits per heavy atom. The van der Waals surface area contributed by atoms with E-state index in [1.807, 2.05) is 12.1 Å². The van der Waals surface area contributed by atoms with Gasteiger partial charge in [0.1, 0.15) is 0 Å². The molecule has 0 aliphatic rings. The summed E-state index contributed by atoms with van der Waals surface area (Å²) in [7, 11) is 0. The third-order valence-electron chi connectivity index (χ3n) is 2.72. The second-order valence-corrected chi connectivity index (χ2v) is 4.71. The Kier molecular flexibility index (Phi) is 6.51. The summed E-state index contributed by atoms with van der Waals surface area (Å²) in [6, 6.07) is 8.79. The van der Waals surface area contributed by atoms with Crippen LogP contribution in [0.3, 0.4) is 0 Å². The lowest BCUT2D eigenvalue weighted by Crippen LogP contribution is -2.31. The molecule has 0 heterocycles. The Hall–Kier alpha value is -0.530. The molecule has 2 heteroatoms. The first-order valence-corrected chi connectivity index (χ1v) is 6.61. The summed E-state index contributed by atoms with van der Waals surface area (Å²) in [6.07, 6.45) is 4.77. The number of benzene rings is 1. The number of nitrogens with one attached hydrogen (secondary N) is 1. The minimum Gasteiger partial charge on any atom is -0.314 e. The molecule has 1 aromatic carbocycles. The molecule has 0 saturated carbocycles. The van der Waals surface area contributed by atoms with Crippen molar-refractivity contribution >= 4 is 11.6 Å². The Labute approximate surface area is 104 Å². The van der Waals surface area contributed by atoms with Crippen LogP contribution in [0, 0.1) is 0 Å². The van der Waals surface area contributed by atoms with E-state index < -0.39 is 0 Å². The van der Waals surface area contributed by atoms with Gasteiger partial charge in [0, 0.05) is 11.1 Å². The van der Waals surface area contributed by atoms with Crippen molar-refractivity contribution in [2.24, 2.45) is 0 Å². The van der Waals surface area contributed by atoms with Gasteiger partial charge in [0.15, 0.2) is 0 Å². The smallest absolute Gasteiger partial charge is 0.0406 e. The topological polar surface area (TPSA) is 12.0 Å². The molecular weight excluding hydrogens is 218 g/mol. The molecule has 0 bridgehead atoms. The zero-order valence-corrected chi connectivity index (χ0v) is 11.1. The molecule has 1 N–H and O–H groups in total. The predicted octanol–water partition coefficient (Wildman–Crippen LogP) is 4.05. The molecule has 0 radical (unpaired) electrons. The molecule has 1 rings (SSSR count). The summed E-state index contributed by atoms with van der Waals surface area (Å²) in [6.45, 7) is 5.55. The molecule has 0 aromatic heterocycles. The van der Waals surface area contributed by atoms with Gasteiger partial charge in [0.05, 0.1) is 0 Å². The number of hydrogen-bond donors (Lipinski definition) is 1. The van der Waals surface area contributed by atoms with Gasteiger partial charge in [-0.25, -0.2) is 0 Å². The maximum absolute atomic E-state index is 5.88. The lowest BCUT2D eigenvalue weighted by molar-refractivity contribution is 0.473. The normalized spacial score (nSPS) is 12.7. The van der Waals surface area contributed by atoms with Crippen molar-refractivity contribution in [3.63, 3.8) is 0 Å². The first-order valence-electron chi connectivity index (χ1n) is 6.24. The van der Waals surface area contributed by atoms with Crippen LogP contribution in [0.4, 0.5) is 0 Å². The maximum atomic E-state index is 5.88. The van der Waals surface area contributed by atoms with Gasteiger partial charge < -0.3 is 5.32 Å². The van der Waals surface area contributed by atoms with E-state index in [1.165, 1.54) is 24.8 Å². The van der Waals surface area contributed by atoms with Gasteiger partial charge in [0.2, 0.25) is 0 Å². The molecule has 0 aliphatic heterocycles. The Bertz CT molecular complexity index is 281. The van der Waals surface area contributed by atoms with Crippen LogP contribution >= 0.6 is 11.6 Å². The summed E-state index contributed by atoms with van der Waals surface area (Å²) in [5.74, 6) is 0. The average Bonchev–Trinajstić information content (AvgIpc) is 2.29. The van der Waals surface area contributed by atoms with Crippen LogP contribution in [0.15, 0.2) is 24.3 Å². The van der Waals surface area contributed by atoms with Crippen molar-refractivity contribution in [3.8, 4) is 0 Å².